The summed E-state index contributed by atoms with van der Waals surface area (Å²) in [5.74, 6) is -0.497. The summed E-state index contributed by atoms with van der Waals surface area (Å²) in [6.07, 6.45) is 1.54. The van der Waals surface area contributed by atoms with E-state index >= 15 is 0 Å². The average Bonchev–Trinajstić information content (AvgIpc) is 2.42. The largest absolute Gasteiger partial charge is 0.632 e. The molecule has 2 atom stereocenters. The molecule has 1 heterocycles. The van der Waals surface area contributed by atoms with Gasteiger partial charge in [0.05, 0.1) is 17.6 Å². The number of likely N-dealkylation sites (tertiary alicyclic amines) is 1. The number of aryl methyl sites for hydroxylation is 2. The molecule has 1 fully saturated rings. The molecular formula is C15H22N2O2. The number of anilines is 1. The monoisotopic (exact) mass is 265 g/mol. The summed E-state index contributed by atoms with van der Waals surface area (Å²) < 4.78 is 21.1. The van der Waals surface area contributed by atoms with E-state index in [0.29, 0.717) is 24.9 Å². The number of rotatable bonds is 2. The van der Waals surface area contributed by atoms with Gasteiger partial charge in [0, 0.05) is 12.1 Å². The molecule has 0 aliphatic carbocycles. The molecule has 0 spiro atoms. The van der Waals surface area contributed by atoms with E-state index in [4.69, 9.17) is 4.11 Å². The maximum absolute atomic E-state index is 12.8. The third kappa shape index (κ3) is 2.96. The van der Waals surface area contributed by atoms with Gasteiger partial charge in [-0.3, -0.25) is 4.79 Å². The fraction of sp³-hybridized carbons (Fsp3) is 0.533. The minimum Gasteiger partial charge on any atom is -0.632 e. The fourth-order valence-electron chi connectivity index (χ4n) is 2.59. The van der Waals surface area contributed by atoms with Gasteiger partial charge in [0.1, 0.15) is 0 Å². The van der Waals surface area contributed by atoms with E-state index in [1.54, 1.807) is 0 Å². The van der Waals surface area contributed by atoms with Crippen LogP contribution in [-0.2, 0) is 4.79 Å². The third-order valence-electron chi connectivity index (χ3n) is 3.75. The van der Waals surface area contributed by atoms with E-state index in [-0.39, 0.29) is 6.54 Å². The maximum atomic E-state index is 12.8. The number of nitrogens with zero attached hydrogens (tertiary/aromatic N) is 1. The number of piperidine rings is 1. The van der Waals surface area contributed by atoms with E-state index in [1.807, 2.05) is 32.0 Å². The molecule has 4 heteroatoms. The zero-order valence-electron chi connectivity index (χ0n) is 14.4. The van der Waals surface area contributed by atoms with Crippen LogP contribution < -0.4 is 5.32 Å². The predicted octanol–water partition coefficient (Wildman–Crippen LogP) is 2.74. The molecule has 2 rings (SSSR count). The lowest BCUT2D eigenvalue weighted by Gasteiger charge is -2.47. The SMILES string of the molecule is [2H]C([2H])([2H])[N+]1([O-])CCCCC1C(=O)Nc1c(C)cccc1C. The van der Waals surface area contributed by atoms with Crippen LogP contribution in [0.4, 0.5) is 5.69 Å². The number of hydroxylamine groups is 3. The molecule has 104 valence electrons. The Morgan fingerprint density at radius 3 is 2.74 bits per heavy atom. The topological polar surface area (TPSA) is 52.2 Å². The summed E-state index contributed by atoms with van der Waals surface area (Å²) in [5, 5.41) is 15.6. The summed E-state index contributed by atoms with van der Waals surface area (Å²) in [5.41, 5.74) is 2.44. The Balaban J connectivity index is 2.27. The lowest BCUT2D eigenvalue weighted by atomic mass is 10.0. The van der Waals surface area contributed by atoms with Crippen molar-refractivity contribution in [2.75, 3.05) is 18.8 Å². The maximum Gasteiger partial charge on any atom is 0.283 e. The number of para-hydroxylation sites is 1. The Morgan fingerprint density at radius 1 is 1.42 bits per heavy atom. The van der Waals surface area contributed by atoms with Gasteiger partial charge in [0.2, 0.25) is 0 Å². The number of hydrogen-bond donors (Lipinski definition) is 1. The van der Waals surface area contributed by atoms with Crippen LogP contribution in [0.3, 0.4) is 0 Å². The number of amides is 1. The van der Waals surface area contributed by atoms with Crippen LogP contribution >= 0.6 is 0 Å². The van der Waals surface area contributed by atoms with Crippen molar-refractivity contribution in [3.63, 3.8) is 0 Å². The number of quaternary nitrogens is 1. The van der Waals surface area contributed by atoms with Crippen molar-refractivity contribution in [1.82, 2.24) is 0 Å². The molecule has 1 N–H and O–H groups in total. The highest BCUT2D eigenvalue weighted by Crippen LogP contribution is 2.25. The highest BCUT2D eigenvalue weighted by Gasteiger charge is 2.34. The Bertz CT molecular complexity index is 554. The van der Waals surface area contributed by atoms with Crippen molar-refractivity contribution in [3.8, 4) is 0 Å². The molecule has 0 saturated carbocycles. The fourth-order valence-corrected chi connectivity index (χ4v) is 2.59. The van der Waals surface area contributed by atoms with Gasteiger partial charge < -0.3 is 15.2 Å². The highest BCUT2D eigenvalue weighted by molar-refractivity contribution is 5.95. The zero-order chi connectivity index (χ0) is 16.5. The molecule has 0 radical (unpaired) electrons. The molecule has 4 nitrogen and oxygen atoms in total. The van der Waals surface area contributed by atoms with E-state index in [0.717, 1.165) is 11.1 Å². The number of carbonyl (C=O) groups is 1. The number of benzene rings is 1. The van der Waals surface area contributed by atoms with Gasteiger partial charge in [-0.15, -0.1) is 0 Å². The van der Waals surface area contributed by atoms with E-state index < -0.39 is 23.6 Å². The summed E-state index contributed by atoms with van der Waals surface area (Å²) in [4.78, 5) is 12.6. The van der Waals surface area contributed by atoms with Gasteiger partial charge in [-0.25, -0.2) is 0 Å². The molecule has 1 amide bonds. The number of likely N-dealkylation sites (N-methyl/N-ethyl adjacent to an activating group) is 1. The molecule has 1 aromatic carbocycles. The molecular weight excluding hydrogens is 240 g/mol. The van der Waals surface area contributed by atoms with Gasteiger partial charge >= 0.3 is 0 Å². The van der Waals surface area contributed by atoms with Crippen molar-refractivity contribution in [2.24, 2.45) is 0 Å². The van der Waals surface area contributed by atoms with Crippen LogP contribution in [0.2, 0.25) is 0 Å². The Kier molecular flexibility index (Phi) is 2.91. The van der Waals surface area contributed by atoms with Crippen LogP contribution in [0.25, 0.3) is 0 Å². The second kappa shape index (κ2) is 5.31. The first-order valence-corrected chi connectivity index (χ1v) is 6.63. The molecule has 19 heavy (non-hydrogen) atoms. The van der Waals surface area contributed by atoms with Gasteiger partial charge in [-0.1, -0.05) is 18.2 Å². The third-order valence-corrected chi connectivity index (χ3v) is 3.75. The minimum absolute atomic E-state index is 0.0403. The van der Waals surface area contributed by atoms with E-state index in [2.05, 4.69) is 5.32 Å². The number of nitrogens with one attached hydrogen (secondary N) is 1. The Labute approximate surface area is 118 Å². The first-order chi connectivity index (χ1) is 10.2. The van der Waals surface area contributed by atoms with Gasteiger partial charge in [0.25, 0.3) is 5.91 Å². The van der Waals surface area contributed by atoms with Gasteiger partial charge in [-0.05, 0) is 37.8 Å². The second-order valence-corrected chi connectivity index (χ2v) is 5.29. The van der Waals surface area contributed by atoms with Gasteiger partial charge in [0.15, 0.2) is 6.04 Å². The second-order valence-electron chi connectivity index (χ2n) is 5.29. The van der Waals surface area contributed by atoms with Gasteiger partial charge in [-0.2, -0.15) is 0 Å². The first kappa shape index (κ1) is 10.4. The highest BCUT2D eigenvalue weighted by atomic mass is 16.5. The summed E-state index contributed by atoms with van der Waals surface area (Å²) in [7, 11) is 0. The molecule has 2 unspecified atom stereocenters. The lowest BCUT2D eigenvalue weighted by Crippen LogP contribution is -2.55. The smallest absolute Gasteiger partial charge is 0.283 e. The number of carbonyl (C=O) groups excluding carboxylic acids is 1. The van der Waals surface area contributed by atoms with Crippen LogP contribution in [0, 0.1) is 19.1 Å². The normalized spacial score (nSPS) is 30.1. The zero-order valence-corrected chi connectivity index (χ0v) is 11.4. The van der Waals surface area contributed by atoms with Crippen LogP contribution in [0.5, 0.6) is 0 Å². The predicted molar refractivity (Wildman–Crippen MR) is 76.6 cm³/mol. The lowest BCUT2D eigenvalue weighted by molar-refractivity contribution is -0.881. The summed E-state index contributed by atoms with van der Waals surface area (Å²) in [6, 6.07) is 4.54. The molecule has 1 aromatic rings. The van der Waals surface area contributed by atoms with E-state index in [9.17, 15) is 10.0 Å². The van der Waals surface area contributed by atoms with E-state index in [1.165, 1.54) is 0 Å². The average molecular weight is 265 g/mol. The quantitative estimate of drug-likeness (QED) is 0.660. The Hall–Kier alpha value is -1.39. The standard InChI is InChI=1S/C15H22N2O2/c1-11-7-6-8-12(2)14(11)16-15(18)13-9-4-5-10-17(13,3)19/h6-8,13H,4-5,9-10H2,1-3H3,(H,16,18)/i3D3. The molecule has 1 aliphatic heterocycles. The van der Waals surface area contributed by atoms with Crippen LogP contribution in [-0.4, -0.2) is 30.1 Å². The summed E-state index contributed by atoms with van der Waals surface area (Å²) in [6.45, 7) is 0.962. The molecule has 0 aromatic heterocycles. The minimum atomic E-state index is -2.73. The van der Waals surface area contributed by atoms with Crippen molar-refractivity contribution in [3.05, 3.63) is 34.5 Å². The van der Waals surface area contributed by atoms with Crippen molar-refractivity contribution >= 4 is 11.6 Å². The van der Waals surface area contributed by atoms with Crippen molar-refractivity contribution < 1.29 is 13.6 Å². The van der Waals surface area contributed by atoms with Crippen molar-refractivity contribution in [1.29, 1.82) is 0 Å². The molecule has 0 bridgehead atoms. The first-order valence-electron chi connectivity index (χ1n) is 8.13. The van der Waals surface area contributed by atoms with Crippen molar-refractivity contribution in [2.45, 2.75) is 39.2 Å². The molecule has 1 aliphatic rings. The summed E-state index contributed by atoms with van der Waals surface area (Å²) >= 11 is 0. The van der Waals surface area contributed by atoms with Crippen LogP contribution in [0.15, 0.2) is 18.2 Å². The Morgan fingerprint density at radius 2 is 2.11 bits per heavy atom. The van der Waals surface area contributed by atoms with Crippen LogP contribution in [0.1, 0.15) is 34.5 Å². The molecule has 1 saturated heterocycles. The number of hydrogen-bond acceptors (Lipinski definition) is 2.